The van der Waals surface area contributed by atoms with Gasteiger partial charge in [0.15, 0.2) is 5.82 Å². The molecular formula is C31H32N4O5. The lowest BCUT2D eigenvalue weighted by Gasteiger charge is -2.21. The van der Waals surface area contributed by atoms with Crippen LogP contribution in [0.25, 0.3) is 16.9 Å². The van der Waals surface area contributed by atoms with Gasteiger partial charge in [-0.05, 0) is 38.5 Å². The summed E-state index contributed by atoms with van der Waals surface area (Å²) in [5.74, 6) is -1.12. The second-order valence-corrected chi connectivity index (χ2v) is 10.1. The number of carbonyl (C=O) groups is 3. The van der Waals surface area contributed by atoms with Crippen LogP contribution in [-0.4, -0.2) is 46.5 Å². The number of methoxy groups -OCH3 is 1. The predicted molar refractivity (Wildman–Crippen MR) is 152 cm³/mol. The minimum Gasteiger partial charge on any atom is -0.467 e. The van der Waals surface area contributed by atoms with Gasteiger partial charge in [0.05, 0.1) is 12.8 Å². The van der Waals surface area contributed by atoms with Crippen molar-refractivity contribution in [2.75, 3.05) is 12.4 Å². The van der Waals surface area contributed by atoms with Crippen molar-refractivity contribution in [3.8, 4) is 16.9 Å². The van der Waals surface area contributed by atoms with Crippen LogP contribution in [0, 0.1) is 0 Å². The molecule has 9 heteroatoms. The molecule has 1 heterocycles. The third-order valence-electron chi connectivity index (χ3n) is 5.85. The van der Waals surface area contributed by atoms with Gasteiger partial charge in [-0.1, -0.05) is 78.9 Å². The van der Waals surface area contributed by atoms with E-state index in [-0.39, 0.29) is 17.8 Å². The minimum absolute atomic E-state index is 0.0721. The lowest BCUT2D eigenvalue weighted by Crippen LogP contribution is -2.43. The maximum atomic E-state index is 14.0. The van der Waals surface area contributed by atoms with Gasteiger partial charge in [-0.2, -0.15) is 5.10 Å². The molecule has 0 aliphatic carbocycles. The van der Waals surface area contributed by atoms with Crippen LogP contribution >= 0.6 is 0 Å². The quantitative estimate of drug-likeness (QED) is 0.290. The number of nitrogens with one attached hydrogen (secondary N) is 2. The van der Waals surface area contributed by atoms with Gasteiger partial charge in [0, 0.05) is 12.0 Å². The van der Waals surface area contributed by atoms with Gasteiger partial charge in [0.2, 0.25) is 0 Å². The molecule has 206 valence electrons. The lowest BCUT2D eigenvalue weighted by atomic mass is 10.0. The highest BCUT2D eigenvalue weighted by molar-refractivity contribution is 6.08. The standard InChI is InChI=1S/C31H32N4O5/c1-31(2,3)40-30(38)33-27-25(28(36)32-24(29(37)39-4)20-21-14-8-5-9-15-21)26(22-16-10-6-11-17-22)34-35(27)23-18-12-7-13-19-23/h5-19,24H,20H2,1-4H3,(H,32,36)(H,33,38). The molecule has 0 aliphatic rings. The predicted octanol–water partition coefficient (Wildman–Crippen LogP) is 5.40. The van der Waals surface area contributed by atoms with E-state index < -0.39 is 29.6 Å². The van der Waals surface area contributed by atoms with Crippen molar-refractivity contribution in [2.45, 2.75) is 38.8 Å². The number of esters is 1. The first-order valence-electron chi connectivity index (χ1n) is 12.8. The molecule has 1 unspecified atom stereocenters. The van der Waals surface area contributed by atoms with E-state index in [1.54, 1.807) is 32.9 Å². The van der Waals surface area contributed by atoms with Crippen LogP contribution in [0.2, 0.25) is 0 Å². The summed E-state index contributed by atoms with van der Waals surface area (Å²) in [6, 6.07) is 26.5. The number of hydrogen-bond donors (Lipinski definition) is 2. The molecule has 0 fully saturated rings. The summed E-state index contributed by atoms with van der Waals surface area (Å²) in [5, 5.41) is 10.3. The Balaban J connectivity index is 1.84. The summed E-state index contributed by atoms with van der Waals surface area (Å²) in [6.07, 6.45) is -0.547. The molecule has 0 aliphatic heterocycles. The zero-order chi connectivity index (χ0) is 28.7. The number of nitrogens with zero attached hydrogens (tertiary/aromatic N) is 2. The van der Waals surface area contributed by atoms with Gasteiger partial charge in [-0.25, -0.2) is 14.3 Å². The fraction of sp³-hybridized carbons (Fsp3) is 0.226. The van der Waals surface area contributed by atoms with E-state index in [0.717, 1.165) is 5.56 Å². The van der Waals surface area contributed by atoms with Gasteiger partial charge in [-0.3, -0.25) is 10.1 Å². The summed E-state index contributed by atoms with van der Waals surface area (Å²) in [7, 11) is 1.27. The van der Waals surface area contributed by atoms with Crippen LogP contribution in [0.15, 0.2) is 91.0 Å². The number of aromatic nitrogens is 2. The fourth-order valence-corrected chi connectivity index (χ4v) is 4.12. The van der Waals surface area contributed by atoms with Crippen molar-refractivity contribution in [1.29, 1.82) is 0 Å². The molecule has 0 bridgehead atoms. The SMILES string of the molecule is COC(=O)C(Cc1ccccc1)NC(=O)c1c(-c2ccccc2)nn(-c2ccccc2)c1NC(=O)OC(C)(C)C. The number of anilines is 1. The topological polar surface area (TPSA) is 112 Å². The Morgan fingerprint density at radius 2 is 1.45 bits per heavy atom. The van der Waals surface area contributed by atoms with E-state index in [2.05, 4.69) is 10.6 Å². The Morgan fingerprint density at radius 1 is 0.875 bits per heavy atom. The molecule has 3 aromatic carbocycles. The molecule has 0 radical (unpaired) electrons. The highest BCUT2D eigenvalue weighted by Crippen LogP contribution is 2.32. The van der Waals surface area contributed by atoms with Crippen LogP contribution in [0.1, 0.15) is 36.7 Å². The molecular weight excluding hydrogens is 508 g/mol. The van der Waals surface area contributed by atoms with Crippen LogP contribution in [0.3, 0.4) is 0 Å². The largest absolute Gasteiger partial charge is 0.467 e. The Kier molecular flexibility index (Phi) is 8.63. The van der Waals surface area contributed by atoms with Crippen molar-refractivity contribution < 1.29 is 23.9 Å². The van der Waals surface area contributed by atoms with Crippen molar-refractivity contribution in [1.82, 2.24) is 15.1 Å². The summed E-state index contributed by atoms with van der Waals surface area (Å²) in [4.78, 5) is 39.7. The molecule has 0 saturated heterocycles. The summed E-state index contributed by atoms with van der Waals surface area (Å²) in [5.41, 5.74) is 1.71. The van der Waals surface area contributed by atoms with Gasteiger partial charge in [0.1, 0.15) is 22.9 Å². The number of carbonyl (C=O) groups excluding carboxylic acids is 3. The number of benzene rings is 3. The maximum absolute atomic E-state index is 14.0. The number of hydrogen-bond acceptors (Lipinski definition) is 6. The average Bonchev–Trinajstić information content (AvgIpc) is 3.31. The first kappa shape index (κ1) is 28.1. The monoisotopic (exact) mass is 540 g/mol. The lowest BCUT2D eigenvalue weighted by molar-refractivity contribution is -0.142. The highest BCUT2D eigenvalue weighted by Gasteiger charge is 2.31. The van der Waals surface area contributed by atoms with Crippen LogP contribution in [0.4, 0.5) is 10.6 Å². The smallest absolute Gasteiger partial charge is 0.413 e. The first-order chi connectivity index (χ1) is 19.2. The highest BCUT2D eigenvalue weighted by atomic mass is 16.6. The number of amides is 2. The van der Waals surface area contributed by atoms with E-state index >= 15 is 0 Å². The van der Waals surface area contributed by atoms with Gasteiger partial charge in [-0.15, -0.1) is 0 Å². The molecule has 1 atom stereocenters. The molecule has 1 aromatic heterocycles. The molecule has 40 heavy (non-hydrogen) atoms. The number of para-hydroxylation sites is 1. The summed E-state index contributed by atoms with van der Waals surface area (Å²) >= 11 is 0. The Hall–Kier alpha value is -4.92. The van der Waals surface area contributed by atoms with E-state index in [9.17, 15) is 14.4 Å². The third kappa shape index (κ3) is 6.93. The van der Waals surface area contributed by atoms with Crippen molar-refractivity contribution in [3.63, 3.8) is 0 Å². The van der Waals surface area contributed by atoms with Crippen LogP contribution in [-0.2, 0) is 20.7 Å². The second kappa shape index (κ2) is 12.3. The molecule has 2 amide bonds. The average molecular weight is 541 g/mol. The fourth-order valence-electron chi connectivity index (χ4n) is 4.12. The number of ether oxygens (including phenoxy) is 2. The minimum atomic E-state index is -0.988. The zero-order valence-corrected chi connectivity index (χ0v) is 22.9. The summed E-state index contributed by atoms with van der Waals surface area (Å²) < 4.78 is 12.0. The van der Waals surface area contributed by atoms with Crippen molar-refractivity contribution in [2.24, 2.45) is 0 Å². The van der Waals surface area contributed by atoms with Gasteiger partial charge < -0.3 is 14.8 Å². The Morgan fingerprint density at radius 3 is 2.02 bits per heavy atom. The molecule has 0 spiro atoms. The van der Waals surface area contributed by atoms with E-state index in [4.69, 9.17) is 14.6 Å². The molecule has 9 nitrogen and oxygen atoms in total. The van der Waals surface area contributed by atoms with E-state index in [0.29, 0.717) is 16.9 Å². The van der Waals surface area contributed by atoms with Gasteiger partial charge in [0.25, 0.3) is 5.91 Å². The second-order valence-electron chi connectivity index (χ2n) is 10.1. The summed E-state index contributed by atoms with van der Waals surface area (Å²) in [6.45, 7) is 5.23. The Labute approximate surface area is 233 Å². The maximum Gasteiger partial charge on any atom is 0.413 e. The van der Waals surface area contributed by atoms with Crippen LogP contribution in [0.5, 0.6) is 0 Å². The first-order valence-corrected chi connectivity index (χ1v) is 12.8. The van der Waals surface area contributed by atoms with E-state index in [1.165, 1.54) is 11.8 Å². The molecule has 0 saturated carbocycles. The normalized spacial score (nSPS) is 11.8. The van der Waals surface area contributed by atoms with Crippen LogP contribution < -0.4 is 10.6 Å². The third-order valence-corrected chi connectivity index (χ3v) is 5.85. The van der Waals surface area contributed by atoms with Crippen molar-refractivity contribution in [3.05, 3.63) is 102 Å². The van der Waals surface area contributed by atoms with E-state index in [1.807, 2.05) is 78.9 Å². The molecule has 4 rings (SSSR count). The van der Waals surface area contributed by atoms with Gasteiger partial charge >= 0.3 is 12.1 Å². The Bertz CT molecular complexity index is 1460. The van der Waals surface area contributed by atoms with Crippen molar-refractivity contribution >= 4 is 23.8 Å². The molecule has 2 N–H and O–H groups in total. The molecule has 4 aromatic rings. The zero-order valence-electron chi connectivity index (χ0n) is 22.9. The number of rotatable bonds is 8.